The molecule has 0 aliphatic heterocycles. The van der Waals surface area contributed by atoms with Crippen molar-refractivity contribution in [2.24, 2.45) is 11.5 Å². The van der Waals surface area contributed by atoms with Crippen molar-refractivity contribution in [3.63, 3.8) is 0 Å². The van der Waals surface area contributed by atoms with Gasteiger partial charge in [0.1, 0.15) is 6.54 Å². The number of hydrazine groups is 1. The fourth-order valence-electron chi connectivity index (χ4n) is 0.412. The molecular formula is C5H11N5O4. The summed E-state index contributed by atoms with van der Waals surface area (Å²) in [6.07, 6.45) is 0. The highest BCUT2D eigenvalue weighted by Crippen LogP contribution is 1.69. The van der Waals surface area contributed by atoms with Crippen LogP contribution in [0.4, 0.5) is 4.79 Å². The van der Waals surface area contributed by atoms with E-state index in [9.17, 15) is 14.4 Å². The molecule has 0 fully saturated rings. The molecule has 9 nitrogen and oxygen atoms in total. The molecule has 0 bridgehead atoms. The SMILES string of the molecule is NCC(=O)NCC(=O)ONNC(N)=O. The molecule has 3 amide bonds. The minimum Gasteiger partial charge on any atom is -0.350 e. The van der Waals surface area contributed by atoms with Gasteiger partial charge in [0.2, 0.25) is 5.91 Å². The van der Waals surface area contributed by atoms with Crippen molar-refractivity contribution in [1.82, 2.24) is 16.3 Å². The largest absolute Gasteiger partial charge is 0.350 e. The average Bonchev–Trinajstić information content (AvgIpc) is 2.13. The van der Waals surface area contributed by atoms with Crippen LogP contribution >= 0.6 is 0 Å². The van der Waals surface area contributed by atoms with E-state index in [-0.39, 0.29) is 13.1 Å². The van der Waals surface area contributed by atoms with Gasteiger partial charge >= 0.3 is 12.0 Å². The van der Waals surface area contributed by atoms with Crippen LogP contribution in [0.15, 0.2) is 0 Å². The molecule has 0 aliphatic carbocycles. The average molecular weight is 205 g/mol. The molecule has 0 aromatic rings. The Kier molecular flexibility index (Phi) is 5.74. The van der Waals surface area contributed by atoms with E-state index in [1.807, 2.05) is 0 Å². The first-order valence-electron chi connectivity index (χ1n) is 3.53. The summed E-state index contributed by atoms with van der Waals surface area (Å²) in [6.45, 7) is -0.580. The van der Waals surface area contributed by atoms with Crippen molar-refractivity contribution in [2.45, 2.75) is 0 Å². The number of urea groups is 1. The third kappa shape index (κ3) is 6.82. The zero-order valence-corrected chi connectivity index (χ0v) is 7.20. The number of nitrogens with one attached hydrogen (secondary N) is 3. The number of nitrogens with two attached hydrogens (primary N) is 2. The van der Waals surface area contributed by atoms with Crippen molar-refractivity contribution >= 4 is 17.9 Å². The number of carbonyl (C=O) groups is 3. The summed E-state index contributed by atoms with van der Waals surface area (Å²) in [5, 5.41) is 2.15. The maximum atomic E-state index is 10.7. The Morgan fingerprint density at radius 1 is 1.29 bits per heavy atom. The van der Waals surface area contributed by atoms with Gasteiger partial charge in [-0.3, -0.25) is 4.79 Å². The molecule has 0 aliphatic rings. The summed E-state index contributed by atoms with van der Waals surface area (Å²) in [5.74, 6) is -1.30. The topological polar surface area (TPSA) is 149 Å². The second kappa shape index (κ2) is 6.62. The minimum absolute atomic E-state index is 0.222. The normalized spacial score (nSPS) is 8.93. The number of rotatable bonds is 5. The lowest BCUT2D eigenvalue weighted by Gasteiger charge is -2.05. The molecule has 0 spiro atoms. The standard InChI is InChI=1S/C5H11N5O4/c6-1-3(11)8-2-4(12)14-10-9-5(7)13/h10H,1-2,6H2,(H,8,11)(H3,7,9,13). The summed E-state index contributed by atoms with van der Waals surface area (Å²) < 4.78 is 0. The molecule has 14 heavy (non-hydrogen) atoms. The van der Waals surface area contributed by atoms with Crippen LogP contribution in [0.5, 0.6) is 0 Å². The zero-order chi connectivity index (χ0) is 11.0. The van der Waals surface area contributed by atoms with Gasteiger partial charge in [-0.25, -0.2) is 15.0 Å². The van der Waals surface area contributed by atoms with Gasteiger partial charge in [-0.05, 0) is 0 Å². The predicted molar refractivity (Wildman–Crippen MR) is 44.0 cm³/mol. The molecule has 0 saturated carbocycles. The van der Waals surface area contributed by atoms with Crippen molar-refractivity contribution in [2.75, 3.05) is 13.1 Å². The molecule has 0 aromatic carbocycles. The van der Waals surface area contributed by atoms with Crippen LogP contribution in [0.3, 0.4) is 0 Å². The lowest BCUT2D eigenvalue weighted by Crippen LogP contribution is -2.44. The molecular weight excluding hydrogens is 194 g/mol. The van der Waals surface area contributed by atoms with Crippen LogP contribution in [0.2, 0.25) is 0 Å². The van der Waals surface area contributed by atoms with Gasteiger partial charge in [0, 0.05) is 0 Å². The van der Waals surface area contributed by atoms with E-state index in [1.165, 1.54) is 0 Å². The van der Waals surface area contributed by atoms with E-state index in [2.05, 4.69) is 15.9 Å². The lowest BCUT2D eigenvalue weighted by atomic mass is 10.5. The first-order chi connectivity index (χ1) is 6.56. The number of amides is 3. The first-order valence-corrected chi connectivity index (χ1v) is 3.53. The summed E-state index contributed by atoms with van der Waals surface area (Å²) >= 11 is 0. The summed E-state index contributed by atoms with van der Waals surface area (Å²) in [5.41, 5.74) is 13.1. The maximum Gasteiger partial charge on any atom is 0.346 e. The maximum absolute atomic E-state index is 10.7. The van der Waals surface area contributed by atoms with E-state index in [0.717, 1.165) is 0 Å². The number of hydrogen-bond acceptors (Lipinski definition) is 6. The number of primary amides is 1. The van der Waals surface area contributed by atoms with Gasteiger partial charge in [0.15, 0.2) is 0 Å². The Morgan fingerprint density at radius 3 is 2.43 bits per heavy atom. The molecule has 80 valence electrons. The molecule has 7 N–H and O–H groups in total. The zero-order valence-electron chi connectivity index (χ0n) is 7.20. The minimum atomic E-state index is -0.913. The fraction of sp³-hybridized carbons (Fsp3) is 0.400. The Balaban J connectivity index is 3.46. The predicted octanol–water partition coefficient (Wildman–Crippen LogP) is -3.31. The molecule has 0 rings (SSSR count). The van der Waals surface area contributed by atoms with Crippen molar-refractivity contribution < 1.29 is 19.2 Å². The molecule has 9 heteroatoms. The highest BCUT2D eigenvalue weighted by Gasteiger charge is 2.04. The van der Waals surface area contributed by atoms with Crippen LogP contribution in [0.25, 0.3) is 0 Å². The van der Waals surface area contributed by atoms with Crippen LogP contribution in [0, 0.1) is 0 Å². The first kappa shape index (κ1) is 12.1. The van der Waals surface area contributed by atoms with E-state index >= 15 is 0 Å². The Bertz CT molecular complexity index is 230. The molecule has 0 saturated heterocycles. The fourth-order valence-corrected chi connectivity index (χ4v) is 0.412. The lowest BCUT2D eigenvalue weighted by molar-refractivity contribution is -0.152. The van der Waals surface area contributed by atoms with Crippen LogP contribution in [-0.2, 0) is 14.4 Å². The second-order valence-electron chi connectivity index (χ2n) is 2.05. The van der Waals surface area contributed by atoms with Gasteiger partial charge in [-0.15, -0.1) is 0 Å². The second-order valence-corrected chi connectivity index (χ2v) is 2.05. The van der Waals surface area contributed by atoms with Crippen LogP contribution < -0.4 is 27.8 Å². The number of carbonyl (C=O) groups excluding carboxylic acids is 3. The van der Waals surface area contributed by atoms with Gasteiger partial charge in [-0.2, -0.15) is 0 Å². The monoisotopic (exact) mass is 205 g/mol. The highest BCUT2D eigenvalue weighted by molar-refractivity contribution is 5.82. The molecule has 0 unspecified atom stereocenters. The summed E-state index contributed by atoms with van der Waals surface area (Å²) in [6, 6.07) is -0.913. The van der Waals surface area contributed by atoms with Crippen molar-refractivity contribution in [3.8, 4) is 0 Å². The Labute approximate surface area is 79.1 Å². The van der Waals surface area contributed by atoms with E-state index in [0.29, 0.717) is 0 Å². The van der Waals surface area contributed by atoms with Crippen LogP contribution in [0.1, 0.15) is 0 Å². The van der Waals surface area contributed by atoms with E-state index < -0.39 is 17.9 Å². The van der Waals surface area contributed by atoms with Gasteiger partial charge in [-0.1, -0.05) is 5.59 Å². The smallest absolute Gasteiger partial charge is 0.346 e. The Hall–Kier alpha value is -1.87. The molecule has 0 atom stereocenters. The summed E-state index contributed by atoms with van der Waals surface area (Å²) in [4.78, 5) is 35.5. The van der Waals surface area contributed by atoms with Gasteiger partial charge in [0.05, 0.1) is 6.54 Å². The quantitative estimate of drug-likeness (QED) is 0.297. The third-order valence-corrected chi connectivity index (χ3v) is 0.954. The van der Waals surface area contributed by atoms with Gasteiger partial charge < -0.3 is 21.6 Å². The molecule has 0 aromatic heterocycles. The third-order valence-electron chi connectivity index (χ3n) is 0.954. The van der Waals surface area contributed by atoms with Crippen molar-refractivity contribution in [3.05, 3.63) is 0 Å². The molecule has 0 heterocycles. The Morgan fingerprint density at radius 2 is 1.93 bits per heavy atom. The van der Waals surface area contributed by atoms with Crippen LogP contribution in [-0.4, -0.2) is 31.0 Å². The van der Waals surface area contributed by atoms with E-state index in [1.54, 1.807) is 11.0 Å². The molecule has 0 radical (unpaired) electrons. The van der Waals surface area contributed by atoms with E-state index in [4.69, 9.17) is 5.73 Å². The summed E-state index contributed by atoms with van der Waals surface area (Å²) in [7, 11) is 0. The van der Waals surface area contributed by atoms with Crippen molar-refractivity contribution in [1.29, 1.82) is 0 Å². The highest BCUT2D eigenvalue weighted by atomic mass is 16.7. The number of hydrogen-bond donors (Lipinski definition) is 5. The van der Waals surface area contributed by atoms with Gasteiger partial charge in [0.25, 0.3) is 0 Å².